The predicted molar refractivity (Wildman–Crippen MR) is 126 cm³/mol. The Labute approximate surface area is 189 Å². The van der Waals surface area contributed by atoms with E-state index in [4.69, 9.17) is 0 Å². The molecule has 4 aromatic rings. The Morgan fingerprint density at radius 1 is 1.06 bits per heavy atom. The number of pyridine rings is 1. The molecule has 0 atom stereocenters. The van der Waals surface area contributed by atoms with E-state index >= 15 is 0 Å². The summed E-state index contributed by atoms with van der Waals surface area (Å²) < 4.78 is 1.77. The van der Waals surface area contributed by atoms with Gasteiger partial charge >= 0.3 is 5.91 Å². The molecule has 7 nitrogen and oxygen atoms in total. The molecule has 2 aromatic heterocycles. The van der Waals surface area contributed by atoms with Crippen LogP contribution >= 0.6 is 11.8 Å². The molecule has 8 heteroatoms. The van der Waals surface area contributed by atoms with E-state index in [0.29, 0.717) is 5.69 Å². The second kappa shape index (κ2) is 8.84. The molecule has 0 aliphatic heterocycles. The normalized spacial score (nSPS) is 11.0. The summed E-state index contributed by atoms with van der Waals surface area (Å²) >= 11 is 1.16. The number of hydrogen-bond donors (Lipinski definition) is 2. The SMILES string of the molecule is Cc1cc(C)[n+](NC(=O)c2[nH]c3ccc(SC[N+](=O)[O-])cc3c2-c2ccccc2)c(C)c1. The van der Waals surface area contributed by atoms with Crippen LogP contribution in [-0.2, 0) is 0 Å². The van der Waals surface area contributed by atoms with Gasteiger partial charge in [0.2, 0.25) is 11.4 Å². The Hall–Kier alpha value is -3.65. The van der Waals surface area contributed by atoms with E-state index in [2.05, 4.69) is 10.4 Å². The first-order chi connectivity index (χ1) is 15.3. The lowest BCUT2D eigenvalue weighted by Crippen LogP contribution is -2.53. The molecule has 0 saturated heterocycles. The molecular formula is C24H23N4O3S+. The maximum absolute atomic E-state index is 13.4. The monoisotopic (exact) mass is 447 g/mol. The van der Waals surface area contributed by atoms with Crippen LogP contribution in [0.25, 0.3) is 22.0 Å². The van der Waals surface area contributed by atoms with E-state index < -0.39 is 0 Å². The molecule has 0 fully saturated rings. The van der Waals surface area contributed by atoms with E-state index in [1.54, 1.807) is 4.68 Å². The third-order valence-electron chi connectivity index (χ3n) is 5.19. The smallest absolute Gasteiger partial charge is 0.322 e. The van der Waals surface area contributed by atoms with Gasteiger partial charge in [0.15, 0.2) is 0 Å². The Morgan fingerprint density at radius 2 is 1.75 bits per heavy atom. The summed E-state index contributed by atoms with van der Waals surface area (Å²) in [5.74, 6) is -0.480. The van der Waals surface area contributed by atoms with Crippen LogP contribution in [0.1, 0.15) is 27.4 Å². The summed E-state index contributed by atoms with van der Waals surface area (Å²) in [5.41, 5.74) is 8.86. The van der Waals surface area contributed by atoms with Crippen molar-refractivity contribution in [2.24, 2.45) is 0 Å². The molecule has 0 aliphatic rings. The van der Waals surface area contributed by atoms with Crippen molar-refractivity contribution >= 4 is 28.6 Å². The van der Waals surface area contributed by atoms with Crippen LogP contribution in [0.2, 0.25) is 0 Å². The number of aryl methyl sites for hydroxylation is 3. The van der Waals surface area contributed by atoms with Gasteiger partial charge in [-0.05, 0) is 48.0 Å². The van der Waals surface area contributed by atoms with E-state index in [0.717, 1.165) is 55.6 Å². The topological polar surface area (TPSA) is 91.9 Å². The highest BCUT2D eigenvalue weighted by atomic mass is 32.2. The van der Waals surface area contributed by atoms with Gasteiger partial charge in [0.1, 0.15) is 5.69 Å². The van der Waals surface area contributed by atoms with Crippen molar-refractivity contribution in [2.75, 3.05) is 11.3 Å². The molecule has 4 rings (SSSR count). The largest absolute Gasteiger partial charge is 0.350 e. The number of benzene rings is 2. The number of hydrogen-bond acceptors (Lipinski definition) is 4. The second-order valence-corrected chi connectivity index (χ2v) is 8.66. The van der Waals surface area contributed by atoms with Crippen molar-refractivity contribution in [3.8, 4) is 11.1 Å². The van der Waals surface area contributed by atoms with Gasteiger partial charge in [-0.1, -0.05) is 35.0 Å². The average Bonchev–Trinajstić information content (AvgIpc) is 3.14. The molecule has 2 N–H and O–H groups in total. The molecule has 2 heterocycles. The van der Waals surface area contributed by atoms with E-state index in [1.807, 2.05) is 81.4 Å². The molecule has 0 unspecified atom stereocenters. The first-order valence-corrected chi connectivity index (χ1v) is 11.1. The third-order valence-corrected chi connectivity index (χ3v) is 6.12. The summed E-state index contributed by atoms with van der Waals surface area (Å²) in [6.07, 6.45) is 0. The molecule has 1 amide bonds. The lowest BCUT2D eigenvalue weighted by Gasteiger charge is -2.07. The standard InChI is InChI=1S/C24H22N4O3S/c1-15-11-16(2)28(17(3)12-15)26-24(29)23-22(18-7-5-4-6-8-18)20-13-19(32-14-27(30)31)9-10-21(20)25-23/h4-13H,14H2,1-3H3,(H-,25,26,29)/p+1. The number of H-pyrrole nitrogens is 1. The van der Waals surface area contributed by atoms with Crippen molar-refractivity contribution in [2.45, 2.75) is 25.7 Å². The number of carbonyl (C=O) groups is 1. The maximum Gasteiger partial charge on any atom is 0.322 e. The number of nitro groups is 1. The number of rotatable bonds is 6. The Morgan fingerprint density at radius 3 is 2.41 bits per heavy atom. The second-order valence-electron chi connectivity index (χ2n) is 7.65. The van der Waals surface area contributed by atoms with Crippen molar-refractivity contribution in [3.63, 3.8) is 0 Å². The fourth-order valence-electron chi connectivity index (χ4n) is 3.90. The van der Waals surface area contributed by atoms with Crippen LogP contribution in [0.3, 0.4) is 0 Å². The molecule has 0 radical (unpaired) electrons. The van der Waals surface area contributed by atoms with Gasteiger partial charge in [0.25, 0.3) is 5.88 Å². The van der Waals surface area contributed by atoms with Crippen molar-refractivity contribution in [1.82, 2.24) is 4.98 Å². The fourth-order valence-corrected chi connectivity index (χ4v) is 4.52. The van der Waals surface area contributed by atoms with Crippen molar-refractivity contribution in [1.29, 1.82) is 0 Å². The van der Waals surface area contributed by atoms with Gasteiger partial charge < -0.3 is 4.98 Å². The first-order valence-electron chi connectivity index (χ1n) is 10.1. The Balaban J connectivity index is 1.81. The first kappa shape index (κ1) is 21.6. The lowest BCUT2D eigenvalue weighted by molar-refractivity contribution is -0.654. The number of aromatic nitrogens is 2. The predicted octanol–water partition coefficient (Wildman–Crippen LogP) is 4.76. The maximum atomic E-state index is 13.4. The lowest BCUT2D eigenvalue weighted by atomic mass is 10.0. The minimum atomic E-state index is -0.355. The van der Waals surface area contributed by atoms with Crippen molar-refractivity contribution in [3.05, 3.63) is 93.4 Å². The van der Waals surface area contributed by atoms with E-state index in [-0.39, 0.29) is 16.7 Å². The summed E-state index contributed by atoms with van der Waals surface area (Å²) in [5, 5.41) is 11.6. The van der Waals surface area contributed by atoms with E-state index in [9.17, 15) is 14.9 Å². The Kier molecular flexibility index (Phi) is 5.96. The van der Waals surface area contributed by atoms with Gasteiger partial charge in [0.05, 0.1) is 0 Å². The number of amides is 1. The van der Waals surface area contributed by atoms with Gasteiger partial charge in [-0.2, -0.15) is 0 Å². The highest BCUT2D eigenvalue weighted by molar-refractivity contribution is 7.99. The number of thioether (sulfide) groups is 1. The Bertz CT molecular complexity index is 1310. The molecule has 0 spiro atoms. The number of nitrogens with zero attached hydrogens (tertiary/aromatic N) is 2. The molecule has 0 aliphatic carbocycles. The minimum absolute atomic E-state index is 0.216. The van der Waals surface area contributed by atoms with Crippen molar-refractivity contribution < 1.29 is 14.4 Å². The molecule has 2 aromatic carbocycles. The zero-order chi connectivity index (χ0) is 22.8. The molecule has 32 heavy (non-hydrogen) atoms. The van der Waals surface area contributed by atoms with Crippen LogP contribution in [0, 0.1) is 30.9 Å². The van der Waals surface area contributed by atoms with E-state index in [1.165, 1.54) is 0 Å². The minimum Gasteiger partial charge on any atom is -0.350 e. The molecule has 0 saturated carbocycles. The van der Waals surface area contributed by atoms with Crippen LogP contribution in [0.4, 0.5) is 0 Å². The summed E-state index contributed by atoms with van der Waals surface area (Å²) in [6, 6.07) is 19.3. The number of carbonyl (C=O) groups excluding carboxylic acids is 1. The molecular weight excluding hydrogens is 424 g/mol. The van der Waals surface area contributed by atoms with Crippen LogP contribution in [-0.4, -0.2) is 21.7 Å². The highest BCUT2D eigenvalue weighted by Gasteiger charge is 2.24. The van der Waals surface area contributed by atoms with Gasteiger partial charge in [-0.3, -0.25) is 14.9 Å². The number of aromatic amines is 1. The zero-order valence-corrected chi connectivity index (χ0v) is 18.8. The number of nitrogens with one attached hydrogen (secondary N) is 2. The summed E-state index contributed by atoms with van der Waals surface area (Å²) in [6.45, 7) is 5.91. The average molecular weight is 448 g/mol. The summed E-state index contributed by atoms with van der Waals surface area (Å²) in [7, 11) is 0. The van der Waals surface area contributed by atoms with Gasteiger partial charge in [-0.15, -0.1) is 5.43 Å². The van der Waals surface area contributed by atoms with Crippen LogP contribution in [0.15, 0.2) is 65.6 Å². The summed E-state index contributed by atoms with van der Waals surface area (Å²) in [4.78, 5) is 27.9. The van der Waals surface area contributed by atoms with Gasteiger partial charge in [0, 0.05) is 52.3 Å². The third kappa shape index (κ3) is 4.36. The highest BCUT2D eigenvalue weighted by Crippen LogP contribution is 2.35. The number of fused-ring (bicyclic) bond motifs is 1. The quantitative estimate of drug-likeness (QED) is 0.147. The molecule has 162 valence electrons. The zero-order valence-electron chi connectivity index (χ0n) is 18.0. The van der Waals surface area contributed by atoms with Crippen LogP contribution in [0.5, 0.6) is 0 Å². The van der Waals surface area contributed by atoms with Crippen LogP contribution < -0.4 is 10.1 Å². The van der Waals surface area contributed by atoms with Gasteiger partial charge in [-0.25, -0.2) is 0 Å². The fraction of sp³-hybridized carbons (Fsp3) is 0.167. The molecule has 0 bridgehead atoms.